The summed E-state index contributed by atoms with van der Waals surface area (Å²) in [6.07, 6.45) is 1.46. The van der Waals surface area contributed by atoms with Gasteiger partial charge in [-0.3, -0.25) is 0 Å². The molecule has 1 atom stereocenters. The molecular weight excluding hydrogens is 270 g/mol. The molecule has 0 aliphatic carbocycles. The van der Waals surface area contributed by atoms with Crippen molar-refractivity contribution < 1.29 is 15.0 Å². The molecule has 0 aliphatic heterocycles. The molecule has 0 aromatic heterocycles. The van der Waals surface area contributed by atoms with E-state index < -0.39 is 5.60 Å². The van der Waals surface area contributed by atoms with Gasteiger partial charge in [-0.05, 0) is 37.0 Å². The molecule has 1 aromatic rings. The smallest absolute Gasteiger partial charge is 0.319 e. The number of aliphatic hydroxyl groups is 2. The summed E-state index contributed by atoms with van der Waals surface area (Å²) < 4.78 is 0. The molecule has 118 valence electrons. The van der Waals surface area contributed by atoms with Crippen LogP contribution >= 0.6 is 0 Å². The first-order valence-electron chi connectivity index (χ1n) is 7.20. The lowest BCUT2D eigenvalue weighted by molar-refractivity contribution is 0.0243. The predicted octanol–water partition coefficient (Wildman–Crippen LogP) is 1.18. The number of anilines is 1. The van der Waals surface area contributed by atoms with Crippen LogP contribution in [0.5, 0.6) is 0 Å². The van der Waals surface area contributed by atoms with Gasteiger partial charge in [-0.1, -0.05) is 19.1 Å². The first kappa shape index (κ1) is 17.4. The van der Waals surface area contributed by atoms with E-state index in [1.807, 2.05) is 19.1 Å². The topological polar surface area (TPSA) is 108 Å². The van der Waals surface area contributed by atoms with E-state index in [0.717, 1.165) is 5.56 Å². The molecule has 6 N–H and O–H groups in total. The van der Waals surface area contributed by atoms with Crippen LogP contribution in [0.15, 0.2) is 24.3 Å². The SMILES string of the molecule is CCC(O)(CCCO)CNC(=O)Nc1cccc(CN)c1. The number of carbonyl (C=O) groups is 1. The van der Waals surface area contributed by atoms with Crippen molar-refractivity contribution in [3.8, 4) is 0 Å². The minimum Gasteiger partial charge on any atom is -0.396 e. The zero-order chi connectivity index (χ0) is 15.7. The number of carbonyl (C=O) groups excluding carboxylic acids is 1. The lowest BCUT2D eigenvalue weighted by Gasteiger charge is -2.26. The molecule has 0 saturated heterocycles. The maximum atomic E-state index is 11.8. The molecule has 6 heteroatoms. The highest BCUT2D eigenvalue weighted by Gasteiger charge is 2.24. The molecule has 0 aliphatic rings. The Morgan fingerprint density at radius 2 is 2.19 bits per heavy atom. The van der Waals surface area contributed by atoms with Gasteiger partial charge < -0.3 is 26.6 Å². The van der Waals surface area contributed by atoms with Crippen LogP contribution in [0, 0.1) is 0 Å². The highest BCUT2D eigenvalue weighted by molar-refractivity contribution is 5.89. The van der Waals surface area contributed by atoms with Crippen LogP contribution in [0.4, 0.5) is 10.5 Å². The first-order chi connectivity index (χ1) is 10.0. The van der Waals surface area contributed by atoms with Gasteiger partial charge in [0.25, 0.3) is 0 Å². The number of benzene rings is 1. The van der Waals surface area contributed by atoms with Crippen molar-refractivity contribution in [1.82, 2.24) is 5.32 Å². The Morgan fingerprint density at radius 1 is 1.43 bits per heavy atom. The maximum Gasteiger partial charge on any atom is 0.319 e. The van der Waals surface area contributed by atoms with E-state index in [4.69, 9.17) is 10.8 Å². The number of urea groups is 1. The van der Waals surface area contributed by atoms with Gasteiger partial charge in [-0.25, -0.2) is 4.79 Å². The second kappa shape index (κ2) is 8.61. The van der Waals surface area contributed by atoms with Crippen molar-refractivity contribution in [2.24, 2.45) is 5.73 Å². The van der Waals surface area contributed by atoms with Crippen LogP contribution in [0.3, 0.4) is 0 Å². The first-order valence-corrected chi connectivity index (χ1v) is 7.20. The molecule has 1 unspecified atom stereocenters. The van der Waals surface area contributed by atoms with Crippen LogP contribution in [-0.4, -0.2) is 35.0 Å². The van der Waals surface area contributed by atoms with Crippen molar-refractivity contribution in [3.05, 3.63) is 29.8 Å². The van der Waals surface area contributed by atoms with E-state index in [1.54, 1.807) is 12.1 Å². The monoisotopic (exact) mass is 295 g/mol. The van der Waals surface area contributed by atoms with Crippen molar-refractivity contribution in [2.45, 2.75) is 38.3 Å². The maximum absolute atomic E-state index is 11.8. The summed E-state index contributed by atoms with van der Waals surface area (Å²) in [5.74, 6) is 0. The third-order valence-corrected chi connectivity index (χ3v) is 3.46. The average Bonchev–Trinajstić information content (AvgIpc) is 2.51. The number of hydrogen-bond acceptors (Lipinski definition) is 4. The average molecular weight is 295 g/mol. The summed E-state index contributed by atoms with van der Waals surface area (Å²) in [5, 5.41) is 24.5. The number of rotatable bonds is 8. The normalized spacial score (nSPS) is 13.5. The zero-order valence-corrected chi connectivity index (χ0v) is 12.4. The quantitative estimate of drug-likeness (QED) is 0.496. The van der Waals surface area contributed by atoms with Crippen molar-refractivity contribution >= 4 is 11.7 Å². The Balaban J connectivity index is 2.49. The lowest BCUT2D eigenvalue weighted by atomic mass is 9.95. The third kappa shape index (κ3) is 6.12. The van der Waals surface area contributed by atoms with Crippen LogP contribution < -0.4 is 16.4 Å². The fourth-order valence-corrected chi connectivity index (χ4v) is 1.99. The minimum absolute atomic E-state index is 0.0282. The summed E-state index contributed by atoms with van der Waals surface area (Å²) in [5.41, 5.74) is 6.15. The fraction of sp³-hybridized carbons (Fsp3) is 0.533. The number of aliphatic hydroxyl groups excluding tert-OH is 1. The zero-order valence-electron chi connectivity index (χ0n) is 12.4. The van der Waals surface area contributed by atoms with Crippen LogP contribution in [0.25, 0.3) is 0 Å². The van der Waals surface area contributed by atoms with E-state index in [0.29, 0.717) is 31.5 Å². The second-order valence-electron chi connectivity index (χ2n) is 5.12. The summed E-state index contributed by atoms with van der Waals surface area (Å²) in [7, 11) is 0. The molecule has 0 fully saturated rings. The fourth-order valence-electron chi connectivity index (χ4n) is 1.99. The molecule has 0 bridgehead atoms. The van der Waals surface area contributed by atoms with Crippen molar-refractivity contribution in [3.63, 3.8) is 0 Å². The van der Waals surface area contributed by atoms with Crippen molar-refractivity contribution in [2.75, 3.05) is 18.5 Å². The molecule has 2 amide bonds. The van der Waals surface area contributed by atoms with Gasteiger partial charge >= 0.3 is 6.03 Å². The van der Waals surface area contributed by atoms with E-state index in [2.05, 4.69) is 10.6 Å². The van der Waals surface area contributed by atoms with Gasteiger partial charge in [0.2, 0.25) is 0 Å². The molecule has 21 heavy (non-hydrogen) atoms. The van der Waals surface area contributed by atoms with Crippen molar-refractivity contribution in [1.29, 1.82) is 0 Å². The molecule has 0 radical (unpaired) electrons. The molecule has 1 rings (SSSR count). The summed E-state index contributed by atoms with van der Waals surface area (Å²) >= 11 is 0. The van der Waals surface area contributed by atoms with E-state index >= 15 is 0 Å². The summed E-state index contributed by atoms with van der Waals surface area (Å²) in [6, 6.07) is 6.91. The molecular formula is C15H25N3O3. The molecule has 0 heterocycles. The largest absolute Gasteiger partial charge is 0.396 e. The van der Waals surface area contributed by atoms with Gasteiger partial charge in [-0.15, -0.1) is 0 Å². The molecule has 6 nitrogen and oxygen atoms in total. The number of nitrogens with one attached hydrogen (secondary N) is 2. The van der Waals surface area contributed by atoms with E-state index in [1.165, 1.54) is 0 Å². The lowest BCUT2D eigenvalue weighted by Crippen LogP contribution is -2.44. The van der Waals surface area contributed by atoms with Crippen LogP contribution in [0.2, 0.25) is 0 Å². The molecule has 1 aromatic carbocycles. The number of amides is 2. The van der Waals surface area contributed by atoms with E-state index in [-0.39, 0.29) is 19.2 Å². The van der Waals surface area contributed by atoms with Gasteiger partial charge in [0.1, 0.15) is 0 Å². The second-order valence-corrected chi connectivity index (χ2v) is 5.12. The van der Waals surface area contributed by atoms with Gasteiger partial charge in [0.15, 0.2) is 0 Å². The molecule has 0 saturated carbocycles. The minimum atomic E-state index is -0.987. The highest BCUT2D eigenvalue weighted by Crippen LogP contribution is 2.16. The standard InChI is InChI=1S/C15H25N3O3/c1-2-15(21,7-4-8-19)11-17-14(20)18-13-6-3-5-12(9-13)10-16/h3,5-6,9,19,21H,2,4,7-8,10-11,16H2,1H3,(H2,17,18,20). The summed E-state index contributed by atoms with van der Waals surface area (Å²) in [4.78, 5) is 11.8. The Bertz CT molecular complexity index is 454. The Hall–Kier alpha value is -1.63. The number of hydrogen-bond donors (Lipinski definition) is 5. The van der Waals surface area contributed by atoms with Gasteiger partial charge in [0, 0.05) is 25.4 Å². The Labute approximate surface area is 125 Å². The van der Waals surface area contributed by atoms with Gasteiger partial charge in [-0.2, -0.15) is 0 Å². The van der Waals surface area contributed by atoms with Crippen LogP contribution in [0.1, 0.15) is 31.7 Å². The van der Waals surface area contributed by atoms with Gasteiger partial charge in [0.05, 0.1) is 5.60 Å². The van der Waals surface area contributed by atoms with E-state index in [9.17, 15) is 9.90 Å². The Kier molecular flexibility index (Phi) is 7.14. The highest BCUT2D eigenvalue weighted by atomic mass is 16.3. The predicted molar refractivity (Wildman–Crippen MR) is 82.9 cm³/mol. The van der Waals surface area contributed by atoms with Crippen LogP contribution in [-0.2, 0) is 6.54 Å². The molecule has 0 spiro atoms. The number of nitrogens with two attached hydrogens (primary N) is 1. The third-order valence-electron chi connectivity index (χ3n) is 3.46. The Morgan fingerprint density at radius 3 is 2.81 bits per heavy atom. The summed E-state index contributed by atoms with van der Waals surface area (Å²) in [6.45, 7) is 2.43.